The number of carbonyl (C=O) groups is 2. The first kappa shape index (κ1) is 10.1. The highest BCUT2D eigenvalue weighted by Crippen LogP contribution is 2.42. The molecule has 0 amide bonds. The Morgan fingerprint density at radius 3 is 2.27 bits per heavy atom. The molecule has 0 fully saturated rings. The van der Waals surface area contributed by atoms with Crippen LogP contribution in [0.1, 0.15) is 42.6 Å². The standard InChI is InChI=1S/C13H14O2/c1-13(2,3)10-8-6-4-5-7-9(8)11(14)12(10)15/h4-7,10H,1-3H3. The van der Waals surface area contributed by atoms with Crippen LogP contribution in [0.3, 0.4) is 0 Å². The lowest BCUT2D eigenvalue weighted by molar-refractivity contribution is -0.117. The molecule has 0 aromatic heterocycles. The summed E-state index contributed by atoms with van der Waals surface area (Å²) in [6, 6.07) is 7.30. The van der Waals surface area contributed by atoms with Gasteiger partial charge < -0.3 is 0 Å². The van der Waals surface area contributed by atoms with Gasteiger partial charge in [0.15, 0.2) is 0 Å². The van der Waals surface area contributed by atoms with Crippen LogP contribution in [0.15, 0.2) is 24.3 Å². The van der Waals surface area contributed by atoms with E-state index in [0.29, 0.717) is 5.56 Å². The number of benzene rings is 1. The fraction of sp³-hybridized carbons (Fsp3) is 0.385. The van der Waals surface area contributed by atoms with Crippen LogP contribution in [-0.2, 0) is 4.79 Å². The van der Waals surface area contributed by atoms with Crippen molar-refractivity contribution in [2.75, 3.05) is 0 Å². The van der Waals surface area contributed by atoms with Crippen molar-refractivity contribution in [3.8, 4) is 0 Å². The molecule has 1 aromatic rings. The summed E-state index contributed by atoms with van der Waals surface area (Å²) in [6.45, 7) is 5.97. The minimum absolute atomic E-state index is 0.195. The van der Waals surface area contributed by atoms with E-state index in [1.54, 1.807) is 12.1 Å². The summed E-state index contributed by atoms with van der Waals surface area (Å²) in [4.78, 5) is 23.6. The molecule has 2 rings (SSSR count). The monoisotopic (exact) mass is 202 g/mol. The average molecular weight is 202 g/mol. The van der Waals surface area contributed by atoms with Crippen LogP contribution in [0, 0.1) is 5.41 Å². The highest BCUT2D eigenvalue weighted by molar-refractivity contribution is 6.49. The van der Waals surface area contributed by atoms with E-state index in [9.17, 15) is 9.59 Å². The third-order valence-electron chi connectivity index (χ3n) is 2.87. The van der Waals surface area contributed by atoms with Crippen LogP contribution in [0.4, 0.5) is 0 Å². The van der Waals surface area contributed by atoms with Crippen molar-refractivity contribution in [2.24, 2.45) is 5.41 Å². The number of rotatable bonds is 0. The quantitative estimate of drug-likeness (QED) is 0.606. The highest BCUT2D eigenvalue weighted by Gasteiger charge is 2.44. The van der Waals surface area contributed by atoms with E-state index in [4.69, 9.17) is 0 Å². The Hall–Kier alpha value is -1.44. The molecule has 2 heteroatoms. The summed E-state index contributed by atoms with van der Waals surface area (Å²) in [6.07, 6.45) is 0. The molecular weight excluding hydrogens is 188 g/mol. The van der Waals surface area contributed by atoms with Gasteiger partial charge in [-0.3, -0.25) is 9.59 Å². The Morgan fingerprint density at radius 1 is 1.07 bits per heavy atom. The van der Waals surface area contributed by atoms with Gasteiger partial charge in [-0.25, -0.2) is 0 Å². The summed E-state index contributed by atoms with van der Waals surface area (Å²) in [5, 5.41) is 0. The van der Waals surface area contributed by atoms with E-state index in [0.717, 1.165) is 5.56 Å². The van der Waals surface area contributed by atoms with E-state index in [2.05, 4.69) is 0 Å². The normalized spacial score (nSPS) is 20.6. The van der Waals surface area contributed by atoms with Gasteiger partial charge in [-0.15, -0.1) is 0 Å². The largest absolute Gasteiger partial charge is 0.290 e. The molecule has 78 valence electrons. The van der Waals surface area contributed by atoms with Gasteiger partial charge in [-0.2, -0.15) is 0 Å². The molecule has 0 saturated heterocycles. The van der Waals surface area contributed by atoms with Crippen molar-refractivity contribution in [3.63, 3.8) is 0 Å². The predicted octanol–water partition coefficient (Wildman–Crippen LogP) is 2.58. The molecule has 0 N–H and O–H groups in total. The first-order valence-electron chi connectivity index (χ1n) is 5.10. The molecule has 0 saturated carbocycles. The first-order chi connectivity index (χ1) is 6.93. The summed E-state index contributed by atoms with van der Waals surface area (Å²) < 4.78 is 0. The maximum absolute atomic E-state index is 11.9. The Labute approximate surface area is 89.3 Å². The minimum atomic E-state index is -0.328. The topological polar surface area (TPSA) is 34.1 Å². The van der Waals surface area contributed by atoms with E-state index in [1.807, 2.05) is 32.9 Å². The number of fused-ring (bicyclic) bond motifs is 1. The molecule has 0 radical (unpaired) electrons. The zero-order valence-electron chi connectivity index (χ0n) is 9.20. The summed E-state index contributed by atoms with van der Waals surface area (Å²) in [5.74, 6) is -0.865. The number of hydrogen-bond acceptors (Lipinski definition) is 2. The molecule has 0 bridgehead atoms. The Balaban J connectivity index is 2.62. The lowest BCUT2D eigenvalue weighted by Gasteiger charge is -2.25. The second-order valence-corrected chi connectivity index (χ2v) is 5.08. The van der Waals surface area contributed by atoms with Crippen LogP contribution in [-0.4, -0.2) is 11.6 Å². The lowest BCUT2D eigenvalue weighted by Crippen LogP contribution is -2.24. The molecule has 1 aromatic carbocycles. The summed E-state index contributed by atoms with van der Waals surface area (Å²) >= 11 is 0. The minimum Gasteiger partial charge on any atom is -0.290 e. The van der Waals surface area contributed by atoms with E-state index in [1.165, 1.54) is 0 Å². The molecule has 1 unspecified atom stereocenters. The summed E-state index contributed by atoms with van der Waals surface area (Å²) in [7, 11) is 0. The lowest BCUT2D eigenvalue weighted by atomic mass is 9.77. The van der Waals surface area contributed by atoms with Gasteiger partial charge in [0.1, 0.15) is 0 Å². The molecule has 2 nitrogen and oxygen atoms in total. The molecule has 1 aliphatic carbocycles. The number of carbonyl (C=O) groups excluding carboxylic acids is 2. The number of hydrogen-bond donors (Lipinski definition) is 0. The third kappa shape index (κ3) is 1.41. The molecule has 0 spiro atoms. The fourth-order valence-electron chi connectivity index (χ4n) is 2.22. The van der Waals surface area contributed by atoms with Crippen LogP contribution in [0.5, 0.6) is 0 Å². The molecule has 0 heterocycles. The van der Waals surface area contributed by atoms with Gasteiger partial charge in [0.25, 0.3) is 0 Å². The van der Waals surface area contributed by atoms with Crippen LogP contribution in [0.25, 0.3) is 0 Å². The van der Waals surface area contributed by atoms with Crippen molar-refractivity contribution in [1.82, 2.24) is 0 Å². The number of Topliss-reactive ketones (excluding diaryl/α,β-unsaturated/α-hetero) is 2. The Morgan fingerprint density at radius 2 is 1.67 bits per heavy atom. The van der Waals surface area contributed by atoms with Crippen LogP contribution >= 0.6 is 0 Å². The highest BCUT2D eigenvalue weighted by atomic mass is 16.2. The van der Waals surface area contributed by atoms with Gasteiger partial charge in [0.05, 0.1) is 5.92 Å². The maximum atomic E-state index is 11.9. The number of ketones is 2. The van der Waals surface area contributed by atoms with E-state index >= 15 is 0 Å². The third-order valence-corrected chi connectivity index (χ3v) is 2.87. The van der Waals surface area contributed by atoms with Crippen molar-refractivity contribution in [1.29, 1.82) is 0 Å². The fourth-order valence-corrected chi connectivity index (χ4v) is 2.22. The van der Waals surface area contributed by atoms with E-state index < -0.39 is 0 Å². The smallest absolute Gasteiger partial charge is 0.229 e. The van der Waals surface area contributed by atoms with Crippen molar-refractivity contribution in [2.45, 2.75) is 26.7 Å². The average Bonchev–Trinajstić information content (AvgIpc) is 2.39. The predicted molar refractivity (Wildman–Crippen MR) is 58.0 cm³/mol. The van der Waals surface area contributed by atoms with Crippen LogP contribution < -0.4 is 0 Å². The molecule has 1 aliphatic rings. The summed E-state index contributed by atoms with van der Waals surface area (Å²) in [5.41, 5.74) is 1.28. The molecule has 15 heavy (non-hydrogen) atoms. The zero-order chi connectivity index (χ0) is 11.2. The molecular formula is C13H14O2. The van der Waals surface area contributed by atoms with Gasteiger partial charge in [-0.05, 0) is 11.0 Å². The zero-order valence-corrected chi connectivity index (χ0v) is 9.20. The SMILES string of the molecule is CC(C)(C)C1C(=O)C(=O)c2ccccc21. The van der Waals surface area contributed by atoms with E-state index in [-0.39, 0.29) is 22.9 Å². The Bertz CT molecular complexity index is 438. The first-order valence-corrected chi connectivity index (χ1v) is 5.10. The molecule has 1 atom stereocenters. The van der Waals surface area contributed by atoms with Crippen molar-refractivity contribution in [3.05, 3.63) is 35.4 Å². The van der Waals surface area contributed by atoms with Crippen LogP contribution in [0.2, 0.25) is 0 Å². The molecule has 0 aliphatic heterocycles. The Kier molecular flexibility index (Phi) is 2.03. The van der Waals surface area contributed by atoms with Gasteiger partial charge in [0.2, 0.25) is 11.6 Å². The maximum Gasteiger partial charge on any atom is 0.229 e. The second kappa shape index (κ2) is 3.02. The van der Waals surface area contributed by atoms with Gasteiger partial charge >= 0.3 is 0 Å². The van der Waals surface area contributed by atoms with Gasteiger partial charge in [0, 0.05) is 5.56 Å². The second-order valence-electron chi connectivity index (χ2n) is 5.08. The van der Waals surface area contributed by atoms with Gasteiger partial charge in [-0.1, -0.05) is 45.0 Å². The van der Waals surface area contributed by atoms with Crippen molar-refractivity contribution < 1.29 is 9.59 Å². The van der Waals surface area contributed by atoms with Crippen molar-refractivity contribution >= 4 is 11.6 Å².